The summed E-state index contributed by atoms with van der Waals surface area (Å²) in [5.41, 5.74) is 2.07. The molecule has 9 rings (SSSR count). The van der Waals surface area contributed by atoms with E-state index in [1.165, 1.54) is 86.2 Å². The maximum Gasteiger partial charge on any atom is 0.217 e. The number of aromatic nitrogens is 1. The second-order valence-electron chi connectivity index (χ2n) is 13.0. The van der Waals surface area contributed by atoms with E-state index in [1.54, 1.807) is 0 Å². The van der Waals surface area contributed by atoms with E-state index in [9.17, 15) is 5.11 Å². The Bertz CT molecular complexity index is 781. The summed E-state index contributed by atoms with van der Waals surface area (Å²) in [6.07, 6.45) is 19.1. The predicted molar refractivity (Wildman–Crippen MR) is 135 cm³/mol. The molecule has 0 radical (unpaired) electrons. The first-order chi connectivity index (χ1) is 15.4. The highest BCUT2D eigenvalue weighted by molar-refractivity contribution is 14.1. The third kappa shape index (κ3) is 4.14. The average molecular weight is 550 g/mol. The molecule has 1 aromatic rings. The van der Waals surface area contributed by atoms with Crippen molar-refractivity contribution >= 4 is 22.6 Å². The molecule has 1 aromatic heterocycles. The van der Waals surface area contributed by atoms with Crippen LogP contribution in [0.15, 0.2) is 12.3 Å². The molecular weight excluding hydrogens is 509 g/mol. The van der Waals surface area contributed by atoms with Gasteiger partial charge in [-0.05, 0) is 154 Å². The van der Waals surface area contributed by atoms with Crippen LogP contribution in [-0.4, -0.2) is 23.3 Å². The van der Waals surface area contributed by atoms with Crippen molar-refractivity contribution in [2.24, 2.45) is 46.3 Å². The number of rotatable bonds is 4. The summed E-state index contributed by atoms with van der Waals surface area (Å²) in [7, 11) is 0. The zero-order chi connectivity index (χ0) is 21.9. The fourth-order valence-corrected chi connectivity index (χ4v) is 10.2. The second-order valence-corrected chi connectivity index (χ2v) is 14.2. The minimum atomic E-state index is 0.398. The summed E-state index contributed by atoms with van der Waals surface area (Å²) < 4.78 is 7.43. The molecular formula is C28H40INO2. The van der Waals surface area contributed by atoms with E-state index in [0.29, 0.717) is 17.4 Å². The first-order valence-electron chi connectivity index (χ1n) is 13.3. The third-order valence-electron chi connectivity index (χ3n) is 10.3. The van der Waals surface area contributed by atoms with Gasteiger partial charge in [0.05, 0.1) is 6.61 Å². The maximum atomic E-state index is 9.43. The molecule has 176 valence electrons. The largest absolute Gasteiger partial charge is 0.477 e. The summed E-state index contributed by atoms with van der Waals surface area (Å²) in [6.45, 7) is 3.48. The molecule has 8 bridgehead atoms. The van der Waals surface area contributed by atoms with Gasteiger partial charge in [0, 0.05) is 27.4 Å². The van der Waals surface area contributed by atoms with Crippen LogP contribution in [0.3, 0.4) is 0 Å². The third-order valence-corrected chi connectivity index (χ3v) is 11.4. The van der Waals surface area contributed by atoms with Crippen molar-refractivity contribution in [3.05, 3.63) is 21.4 Å². The SMILES string of the molecule is Cc1c(I)ccnc1OCC12CC3CC(CC(C3)C1)C2.OCC12CC3CC(CC(C3)C1)C2. The number of nitrogens with zero attached hydrogens (tertiary/aromatic N) is 1. The Morgan fingerprint density at radius 3 is 1.72 bits per heavy atom. The van der Waals surface area contributed by atoms with Gasteiger partial charge in [-0.2, -0.15) is 0 Å². The van der Waals surface area contributed by atoms with Crippen molar-refractivity contribution in [3.63, 3.8) is 0 Å². The number of aliphatic hydroxyl groups is 1. The summed E-state index contributed by atoms with van der Waals surface area (Å²) in [6, 6.07) is 2.05. The van der Waals surface area contributed by atoms with E-state index in [2.05, 4.69) is 34.5 Å². The van der Waals surface area contributed by atoms with Crippen LogP contribution in [0.1, 0.15) is 82.6 Å². The molecule has 8 aliphatic rings. The van der Waals surface area contributed by atoms with E-state index in [-0.39, 0.29) is 0 Å². The highest BCUT2D eigenvalue weighted by Gasteiger charge is 2.52. The average Bonchev–Trinajstić information content (AvgIpc) is 2.73. The number of pyridine rings is 1. The van der Waals surface area contributed by atoms with Gasteiger partial charge in [0.15, 0.2) is 0 Å². The monoisotopic (exact) mass is 549 g/mol. The summed E-state index contributed by atoms with van der Waals surface area (Å²) in [4.78, 5) is 4.43. The Hall–Kier alpha value is -0.360. The fourth-order valence-electron chi connectivity index (χ4n) is 9.81. The molecule has 0 amide bonds. The molecule has 0 atom stereocenters. The number of ether oxygens (including phenoxy) is 1. The van der Waals surface area contributed by atoms with E-state index in [0.717, 1.165) is 48.0 Å². The van der Waals surface area contributed by atoms with Gasteiger partial charge in [0.2, 0.25) is 5.88 Å². The van der Waals surface area contributed by atoms with E-state index in [1.807, 2.05) is 12.3 Å². The molecule has 0 aromatic carbocycles. The first-order valence-corrected chi connectivity index (χ1v) is 14.4. The Morgan fingerprint density at radius 1 is 0.844 bits per heavy atom. The molecule has 0 aliphatic heterocycles. The van der Waals surface area contributed by atoms with E-state index < -0.39 is 0 Å². The lowest BCUT2D eigenvalue weighted by atomic mass is 9.50. The Morgan fingerprint density at radius 2 is 1.28 bits per heavy atom. The van der Waals surface area contributed by atoms with Crippen LogP contribution >= 0.6 is 22.6 Å². The van der Waals surface area contributed by atoms with Crippen LogP contribution in [0.25, 0.3) is 0 Å². The Labute approximate surface area is 207 Å². The van der Waals surface area contributed by atoms with Crippen molar-refractivity contribution in [1.82, 2.24) is 4.98 Å². The molecule has 0 spiro atoms. The lowest BCUT2D eigenvalue weighted by molar-refractivity contribution is -0.0798. The lowest BCUT2D eigenvalue weighted by Crippen LogP contribution is -2.48. The number of hydrogen-bond acceptors (Lipinski definition) is 3. The smallest absolute Gasteiger partial charge is 0.217 e. The fraction of sp³-hybridized carbons (Fsp3) is 0.821. The van der Waals surface area contributed by atoms with Gasteiger partial charge in [-0.3, -0.25) is 0 Å². The molecule has 8 aliphatic carbocycles. The summed E-state index contributed by atoms with van der Waals surface area (Å²) in [5, 5.41) is 9.43. The van der Waals surface area contributed by atoms with E-state index in [4.69, 9.17) is 4.74 Å². The summed E-state index contributed by atoms with van der Waals surface area (Å²) in [5.74, 6) is 6.81. The number of hydrogen-bond donors (Lipinski definition) is 1. The topological polar surface area (TPSA) is 42.4 Å². The number of halogens is 1. The van der Waals surface area contributed by atoms with Crippen molar-refractivity contribution in [2.45, 2.75) is 84.0 Å². The van der Waals surface area contributed by atoms with Crippen LogP contribution < -0.4 is 4.74 Å². The van der Waals surface area contributed by atoms with Crippen LogP contribution in [0.5, 0.6) is 5.88 Å². The van der Waals surface area contributed by atoms with Crippen LogP contribution in [-0.2, 0) is 0 Å². The predicted octanol–water partition coefficient (Wildman–Crippen LogP) is 6.78. The molecule has 0 unspecified atom stereocenters. The highest BCUT2D eigenvalue weighted by Crippen LogP contribution is 2.61. The van der Waals surface area contributed by atoms with Crippen LogP contribution in [0, 0.1) is 56.8 Å². The molecule has 0 saturated heterocycles. The van der Waals surface area contributed by atoms with Crippen LogP contribution in [0.4, 0.5) is 0 Å². The van der Waals surface area contributed by atoms with Gasteiger partial charge in [0.1, 0.15) is 0 Å². The zero-order valence-electron chi connectivity index (χ0n) is 19.7. The van der Waals surface area contributed by atoms with Gasteiger partial charge in [0.25, 0.3) is 0 Å². The molecule has 32 heavy (non-hydrogen) atoms. The normalized spacial score (nSPS) is 45.0. The Kier molecular flexibility index (Phi) is 5.80. The molecule has 8 saturated carbocycles. The molecule has 8 fully saturated rings. The Balaban J connectivity index is 0.000000138. The molecule has 3 nitrogen and oxygen atoms in total. The van der Waals surface area contributed by atoms with Gasteiger partial charge >= 0.3 is 0 Å². The van der Waals surface area contributed by atoms with Crippen molar-refractivity contribution in [1.29, 1.82) is 0 Å². The summed E-state index contributed by atoms with van der Waals surface area (Å²) >= 11 is 2.36. The molecule has 4 heteroatoms. The van der Waals surface area contributed by atoms with Crippen molar-refractivity contribution in [3.8, 4) is 5.88 Å². The molecule has 1 heterocycles. The first kappa shape index (κ1) is 22.1. The lowest BCUT2D eigenvalue weighted by Gasteiger charge is -2.56. The quantitative estimate of drug-likeness (QED) is 0.421. The maximum absolute atomic E-state index is 9.43. The van der Waals surface area contributed by atoms with Gasteiger partial charge < -0.3 is 9.84 Å². The highest BCUT2D eigenvalue weighted by atomic mass is 127. The molecule has 1 N–H and O–H groups in total. The van der Waals surface area contributed by atoms with Gasteiger partial charge in [-0.1, -0.05) is 0 Å². The standard InChI is InChI=1S/C17H22INO.C11H18O/c1-11-15(18)2-3-19-16(11)20-10-17-7-12-4-13(8-17)6-14(5-12)9-17;12-7-11-4-8-1-9(5-11)3-10(2-8)6-11/h2-3,12-14H,4-10H2,1H3;8-10,12H,1-7H2. The minimum Gasteiger partial charge on any atom is -0.477 e. The van der Waals surface area contributed by atoms with Gasteiger partial charge in [-0.15, -0.1) is 0 Å². The van der Waals surface area contributed by atoms with E-state index >= 15 is 0 Å². The van der Waals surface area contributed by atoms with Crippen molar-refractivity contribution in [2.75, 3.05) is 13.2 Å². The van der Waals surface area contributed by atoms with Crippen molar-refractivity contribution < 1.29 is 9.84 Å². The van der Waals surface area contributed by atoms with Gasteiger partial charge in [-0.25, -0.2) is 4.98 Å². The zero-order valence-corrected chi connectivity index (χ0v) is 21.9. The second kappa shape index (κ2) is 8.39. The number of aliphatic hydroxyl groups excluding tert-OH is 1. The van der Waals surface area contributed by atoms with Crippen LogP contribution in [0.2, 0.25) is 0 Å². The minimum absolute atomic E-state index is 0.398.